The molecule has 1 atom stereocenters. The normalized spacial score (nSPS) is 26.9. The Morgan fingerprint density at radius 3 is 2.58 bits per heavy atom. The second kappa shape index (κ2) is 5.20. The molecule has 2 aliphatic rings. The molecule has 100 valence electrons. The summed E-state index contributed by atoms with van der Waals surface area (Å²) in [5.41, 5.74) is 2.68. The molecule has 2 nitrogen and oxygen atoms in total. The van der Waals surface area contributed by atoms with Gasteiger partial charge in [0.15, 0.2) is 0 Å². The molecule has 3 rings (SSSR count). The Balaban J connectivity index is 1.89. The molecule has 1 amide bonds. The number of hydrogen-bond acceptors (Lipinski definition) is 1. The van der Waals surface area contributed by atoms with Crippen LogP contribution in [0.4, 0.5) is 0 Å². The summed E-state index contributed by atoms with van der Waals surface area (Å²) in [7, 11) is 0. The van der Waals surface area contributed by atoms with Gasteiger partial charge in [-0.25, -0.2) is 0 Å². The molecular formula is C17H21NO. The molecule has 1 aromatic rings. The third-order valence-corrected chi connectivity index (χ3v) is 4.41. The molecule has 1 unspecified atom stereocenters. The number of nitrogens with one attached hydrogen (secondary N) is 1. The summed E-state index contributed by atoms with van der Waals surface area (Å²) >= 11 is 0. The van der Waals surface area contributed by atoms with Gasteiger partial charge in [-0.05, 0) is 49.7 Å². The molecular weight excluding hydrogens is 234 g/mol. The van der Waals surface area contributed by atoms with Crippen LogP contribution in [-0.2, 0) is 11.2 Å². The summed E-state index contributed by atoms with van der Waals surface area (Å²) in [5, 5.41) is 3.28. The molecule has 1 aromatic carbocycles. The second-order valence-electron chi connectivity index (χ2n) is 5.77. The van der Waals surface area contributed by atoms with Crippen LogP contribution >= 0.6 is 0 Å². The lowest BCUT2D eigenvalue weighted by molar-refractivity contribution is -0.119. The zero-order valence-electron chi connectivity index (χ0n) is 11.3. The minimum absolute atomic E-state index is 0.0984. The highest BCUT2D eigenvalue weighted by atomic mass is 16.2. The standard InChI is InChI=1S/C17H21NO/c19-16-11-12-17(18-16,15-9-5-2-6-10-15)13-14-7-3-1-4-8-14/h1,3-4,7-9H,2,5-6,10-13H2,(H,18,19). The van der Waals surface area contributed by atoms with Crippen LogP contribution in [0, 0.1) is 0 Å². The van der Waals surface area contributed by atoms with E-state index in [0.717, 1.165) is 19.3 Å². The van der Waals surface area contributed by atoms with Gasteiger partial charge in [-0.3, -0.25) is 4.79 Å². The largest absolute Gasteiger partial charge is 0.347 e. The number of allylic oxidation sites excluding steroid dienone is 1. The fourth-order valence-corrected chi connectivity index (χ4v) is 3.42. The predicted octanol–water partition coefficient (Wildman–Crippen LogP) is 3.38. The molecule has 19 heavy (non-hydrogen) atoms. The van der Waals surface area contributed by atoms with Crippen molar-refractivity contribution >= 4 is 5.91 Å². The van der Waals surface area contributed by atoms with Gasteiger partial charge < -0.3 is 5.32 Å². The van der Waals surface area contributed by atoms with E-state index in [9.17, 15) is 4.79 Å². The lowest BCUT2D eigenvalue weighted by Gasteiger charge is -2.34. The lowest BCUT2D eigenvalue weighted by atomic mass is 9.77. The average Bonchev–Trinajstić information content (AvgIpc) is 2.83. The maximum atomic E-state index is 11.8. The number of carbonyl (C=O) groups excluding carboxylic acids is 1. The number of carbonyl (C=O) groups is 1. The van der Waals surface area contributed by atoms with Crippen LogP contribution in [0.5, 0.6) is 0 Å². The lowest BCUT2D eigenvalue weighted by Crippen LogP contribution is -2.45. The van der Waals surface area contributed by atoms with Crippen LogP contribution in [0.2, 0.25) is 0 Å². The van der Waals surface area contributed by atoms with E-state index in [1.807, 2.05) is 6.07 Å². The van der Waals surface area contributed by atoms with Gasteiger partial charge in [0.25, 0.3) is 0 Å². The summed E-state index contributed by atoms with van der Waals surface area (Å²) in [6, 6.07) is 10.5. The van der Waals surface area contributed by atoms with Crippen molar-refractivity contribution in [2.45, 2.75) is 50.5 Å². The van der Waals surface area contributed by atoms with E-state index in [2.05, 4.69) is 35.7 Å². The van der Waals surface area contributed by atoms with Gasteiger partial charge in [-0.15, -0.1) is 0 Å². The smallest absolute Gasteiger partial charge is 0.220 e. The highest BCUT2D eigenvalue weighted by Gasteiger charge is 2.40. The second-order valence-corrected chi connectivity index (χ2v) is 5.77. The predicted molar refractivity (Wildman–Crippen MR) is 76.8 cm³/mol. The van der Waals surface area contributed by atoms with E-state index >= 15 is 0 Å². The van der Waals surface area contributed by atoms with Crippen molar-refractivity contribution in [1.82, 2.24) is 5.32 Å². The van der Waals surface area contributed by atoms with Crippen LogP contribution in [0.1, 0.15) is 44.1 Å². The highest BCUT2D eigenvalue weighted by Crippen LogP contribution is 2.36. The van der Waals surface area contributed by atoms with Crippen LogP contribution in [0.15, 0.2) is 42.0 Å². The van der Waals surface area contributed by atoms with Crippen molar-refractivity contribution in [3.63, 3.8) is 0 Å². The van der Waals surface area contributed by atoms with E-state index < -0.39 is 0 Å². The Morgan fingerprint density at radius 2 is 1.95 bits per heavy atom. The van der Waals surface area contributed by atoms with Crippen LogP contribution in [0.25, 0.3) is 0 Å². The quantitative estimate of drug-likeness (QED) is 0.824. The Bertz CT molecular complexity index is 491. The minimum Gasteiger partial charge on any atom is -0.347 e. The molecule has 1 saturated heterocycles. The monoisotopic (exact) mass is 255 g/mol. The Kier molecular flexibility index (Phi) is 3.41. The minimum atomic E-state index is -0.0984. The molecule has 0 aromatic heterocycles. The Morgan fingerprint density at radius 1 is 1.11 bits per heavy atom. The first-order valence-electron chi connectivity index (χ1n) is 7.33. The van der Waals surface area contributed by atoms with Gasteiger partial charge in [-0.2, -0.15) is 0 Å². The van der Waals surface area contributed by atoms with E-state index in [-0.39, 0.29) is 11.4 Å². The van der Waals surface area contributed by atoms with Crippen molar-refractivity contribution in [3.05, 3.63) is 47.5 Å². The topological polar surface area (TPSA) is 29.1 Å². The number of rotatable bonds is 3. The van der Waals surface area contributed by atoms with Gasteiger partial charge in [0.1, 0.15) is 0 Å². The first kappa shape index (κ1) is 12.5. The van der Waals surface area contributed by atoms with Gasteiger partial charge in [0.2, 0.25) is 5.91 Å². The Hall–Kier alpha value is -1.57. The number of hydrogen-bond donors (Lipinski definition) is 1. The summed E-state index contributed by atoms with van der Waals surface area (Å²) < 4.78 is 0. The Labute approximate surface area is 114 Å². The molecule has 1 aliphatic heterocycles. The molecule has 1 heterocycles. The third-order valence-electron chi connectivity index (χ3n) is 4.41. The van der Waals surface area contributed by atoms with E-state index in [1.165, 1.54) is 30.4 Å². The molecule has 0 spiro atoms. The van der Waals surface area contributed by atoms with Crippen LogP contribution < -0.4 is 5.32 Å². The van der Waals surface area contributed by atoms with Crippen molar-refractivity contribution in [1.29, 1.82) is 0 Å². The van der Waals surface area contributed by atoms with Gasteiger partial charge >= 0.3 is 0 Å². The fraction of sp³-hybridized carbons (Fsp3) is 0.471. The molecule has 1 N–H and O–H groups in total. The number of benzene rings is 1. The van der Waals surface area contributed by atoms with Gasteiger partial charge in [-0.1, -0.05) is 36.4 Å². The first-order chi connectivity index (χ1) is 9.28. The average molecular weight is 255 g/mol. The maximum absolute atomic E-state index is 11.8. The van der Waals surface area contributed by atoms with Gasteiger partial charge in [0, 0.05) is 6.42 Å². The van der Waals surface area contributed by atoms with Crippen molar-refractivity contribution in [3.8, 4) is 0 Å². The first-order valence-corrected chi connectivity index (χ1v) is 7.33. The van der Waals surface area contributed by atoms with Crippen molar-refractivity contribution < 1.29 is 4.79 Å². The van der Waals surface area contributed by atoms with E-state index in [1.54, 1.807) is 0 Å². The maximum Gasteiger partial charge on any atom is 0.220 e. The molecule has 0 saturated carbocycles. The zero-order chi connectivity index (χ0) is 13.1. The van der Waals surface area contributed by atoms with Gasteiger partial charge in [0.05, 0.1) is 5.54 Å². The molecule has 0 bridgehead atoms. The molecule has 2 heteroatoms. The van der Waals surface area contributed by atoms with Crippen molar-refractivity contribution in [2.75, 3.05) is 0 Å². The molecule has 0 radical (unpaired) electrons. The SMILES string of the molecule is O=C1CCC(Cc2ccccc2)(C2=CCCCC2)N1. The van der Waals surface area contributed by atoms with Crippen LogP contribution in [-0.4, -0.2) is 11.4 Å². The fourth-order valence-electron chi connectivity index (χ4n) is 3.42. The third kappa shape index (κ3) is 2.58. The molecule has 1 aliphatic carbocycles. The van der Waals surface area contributed by atoms with E-state index in [4.69, 9.17) is 0 Å². The van der Waals surface area contributed by atoms with Crippen molar-refractivity contribution in [2.24, 2.45) is 0 Å². The summed E-state index contributed by atoms with van der Waals surface area (Å²) in [6.45, 7) is 0. The zero-order valence-corrected chi connectivity index (χ0v) is 11.3. The molecule has 1 fully saturated rings. The number of amides is 1. The summed E-state index contributed by atoms with van der Waals surface area (Å²) in [4.78, 5) is 11.8. The summed E-state index contributed by atoms with van der Waals surface area (Å²) in [6.07, 6.45) is 9.80. The summed E-state index contributed by atoms with van der Waals surface area (Å²) in [5.74, 6) is 0.211. The van der Waals surface area contributed by atoms with E-state index in [0.29, 0.717) is 6.42 Å². The highest BCUT2D eigenvalue weighted by molar-refractivity contribution is 5.80. The van der Waals surface area contributed by atoms with Crippen LogP contribution in [0.3, 0.4) is 0 Å².